The number of hydrogen-bond acceptors (Lipinski definition) is 3. The molecule has 0 spiro atoms. The number of aliphatic hydroxyl groups is 1. The van der Waals surface area contributed by atoms with Crippen LogP contribution in [-0.2, 0) is 10.0 Å². The van der Waals surface area contributed by atoms with E-state index in [1.807, 2.05) is 0 Å². The van der Waals surface area contributed by atoms with Gasteiger partial charge in [0.05, 0.1) is 11.4 Å². The normalized spacial score (nSPS) is 29.9. The van der Waals surface area contributed by atoms with Crippen LogP contribution in [0.4, 0.5) is 0 Å². The molecular formula is C12H23NO3S. The second kappa shape index (κ2) is 5.24. The van der Waals surface area contributed by atoms with Gasteiger partial charge in [0.2, 0.25) is 10.0 Å². The Kier molecular flexibility index (Phi) is 4.10. The van der Waals surface area contributed by atoms with Crippen molar-refractivity contribution in [2.75, 3.05) is 6.54 Å². The van der Waals surface area contributed by atoms with Gasteiger partial charge >= 0.3 is 0 Å². The monoisotopic (exact) mass is 261 g/mol. The fraction of sp³-hybridized carbons (Fsp3) is 1.00. The summed E-state index contributed by atoms with van der Waals surface area (Å²) in [5, 5.41) is 9.39. The summed E-state index contributed by atoms with van der Waals surface area (Å²) in [7, 11) is -3.08. The van der Waals surface area contributed by atoms with Crippen molar-refractivity contribution in [1.29, 1.82) is 0 Å². The van der Waals surface area contributed by atoms with E-state index in [1.165, 1.54) is 0 Å². The van der Waals surface area contributed by atoms with Gasteiger partial charge < -0.3 is 5.11 Å². The number of rotatable bonds is 4. The van der Waals surface area contributed by atoms with Crippen LogP contribution in [0.15, 0.2) is 0 Å². The highest BCUT2D eigenvalue weighted by atomic mass is 32.2. The molecule has 0 aromatic heterocycles. The van der Waals surface area contributed by atoms with E-state index >= 15 is 0 Å². The lowest BCUT2D eigenvalue weighted by molar-refractivity contribution is 0.147. The van der Waals surface area contributed by atoms with Crippen molar-refractivity contribution < 1.29 is 13.5 Å². The maximum Gasteiger partial charge on any atom is 0.217 e. The highest BCUT2D eigenvalue weighted by Gasteiger charge is 2.42. The van der Waals surface area contributed by atoms with E-state index < -0.39 is 16.1 Å². The molecule has 1 N–H and O–H groups in total. The van der Waals surface area contributed by atoms with E-state index in [0.29, 0.717) is 13.0 Å². The van der Waals surface area contributed by atoms with E-state index in [9.17, 15) is 13.5 Å². The molecule has 2 aliphatic rings. The molecule has 2 fully saturated rings. The molecule has 0 radical (unpaired) electrons. The van der Waals surface area contributed by atoms with Crippen LogP contribution >= 0.6 is 0 Å². The number of nitrogens with zero attached hydrogens (tertiary/aromatic N) is 1. The standard InChI is InChI=1S/C12H23NO3S/c1-10(14)9-11-5-3-2-4-8-13(11)17(15,16)12-6-7-12/h10-12,14H,2-9H2,1H3. The minimum absolute atomic E-state index is 0.0168. The van der Waals surface area contributed by atoms with E-state index in [-0.39, 0.29) is 11.3 Å². The highest BCUT2D eigenvalue weighted by Crippen LogP contribution is 2.34. The lowest BCUT2D eigenvalue weighted by Gasteiger charge is -2.30. The van der Waals surface area contributed by atoms with E-state index in [2.05, 4.69) is 0 Å². The summed E-state index contributed by atoms with van der Waals surface area (Å²) < 4.78 is 26.4. The maximum atomic E-state index is 12.3. The van der Waals surface area contributed by atoms with Gasteiger partial charge in [0.1, 0.15) is 0 Å². The molecular weight excluding hydrogens is 238 g/mol. The van der Waals surface area contributed by atoms with Gasteiger partial charge in [-0.1, -0.05) is 12.8 Å². The van der Waals surface area contributed by atoms with Gasteiger partial charge in [-0.25, -0.2) is 8.42 Å². The van der Waals surface area contributed by atoms with Crippen molar-refractivity contribution >= 4 is 10.0 Å². The highest BCUT2D eigenvalue weighted by molar-refractivity contribution is 7.90. The summed E-state index contributed by atoms with van der Waals surface area (Å²) in [6, 6.07) is 0.0168. The first-order valence-electron chi connectivity index (χ1n) is 6.70. The van der Waals surface area contributed by atoms with Crippen LogP contribution in [0.25, 0.3) is 0 Å². The number of sulfonamides is 1. The number of aliphatic hydroxyl groups excluding tert-OH is 1. The van der Waals surface area contributed by atoms with Crippen LogP contribution in [0.1, 0.15) is 51.9 Å². The zero-order chi connectivity index (χ0) is 12.5. The quantitative estimate of drug-likeness (QED) is 0.834. The Hall–Kier alpha value is -0.130. The van der Waals surface area contributed by atoms with Gasteiger partial charge in [0, 0.05) is 12.6 Å². The van der Waals surface area contributed by atoms with Crippen LogP contribution < -0.4 is 0 Å². The third kappa shape index (κ3) is 3.20. The van der Waals surface area contributed by atoms with Crippen LogP contribution in [-0.4, -0.2) is 41.8 Å². The maximum absolute atomic E-state index is 12.3. The molecule has 1 saturated carbocycles. The first-order chi connectivity index (χ1) is 8.01. The predicted octanol–water partition coefficient (Wildman–Crippen LogP) is 1.49. The van der Waals surface area contributed by atoms with Gasteiger partial charge in [0.25, 0.3) is 0 Å². The van der Waals surface area contributed by atoms with Gasteiger partial charge in [0.15, 0.2) is 0 Å². The van der Waals surface area contributed by atoms with Crippen molar-refractivity contribution in [3.8, 4) is 0 Å². The Labute approximate surface area is 104 Å². The second-order valence-electron chi connectivity index (χ2n) is 5.44. The first kappa shape index (κ1) is 13.3. The molecule has 1 aliphatic heterocycles. The Morgan fingerprint density at radius 1 is 1.24 bits per heavy atom. The molecule has 100 valence electrons. The molecule has 1 heterocycles. The van der Waals surface area contributed by atoms with Crippen LogP contribution in [0.5, 0.6) is 0 Å². The molecule has 0 amide bonds. The van der Waals surface area contributed by atoms with Crippen LogP contribution in [0.3, 0.4) is 0 Å². The SMILES string of the molecule is CC(O)CC1CCCCCN1S(=O)(=O)C1CC1. The molecule has 0 aromatic carbocycles. The molecule has 2 rings (SSSR count). The molecule has 4 nitrogen and oxygen atoms in total. The smallest absolute Gasteiger partial charge is 0.217 e. The van der Waals surface area contributed by atoms with Crippen LogP contribution in [0, 0.1) is 0 Å². The Balaban J connectivity index is 2.13. The zero-order valence-electron chi connectivity index (χ0n) is 10.5. The van der Waals surface area contributed by atoms with Crippen molar-refractivity contribution in [3.05, 3.63) is 0 Å². The lowest BCUT2D eigenvalue weighted by Crippen LogP contribution is -2.43. The Bertz CT molecular complexity index is 349. The molecule has 0 bridgehead atoms. The first-order valence-corrected chi connectivity index (χ1v) is 8.21. The molecule has 5 heteroatoms. The minimum Gasteiger partial charge on any atom is -0.393 e. The predicted molar refractivity (Wildman–Crippen MR) is 67.2 cm³/mol. The van der Waals surface area contributed by atoms with Crippen molar-refractivity contribution in [2.24, 2.45) is 0 Å². The van der Waals surface area contributed by atoms with Crippen molar-refractivity contribution in [3.63, 3.8) is 0 Å². The van der Waals surface area contributed by atoms with E-state index in [0.717, 1.165) is 38.5 Å². The van der Waals surface area contributed by atoms with Crippen molar-refractivity contribution in [1.82, 2.24) is 4.31 Å². The zero-order valence-corrected chi connectivity index (χ0v) is 11.3. The summed E-state index contributed by atoms with van der Waals surface area (Å²) in [6.45, 7) is 2.39. The average Bonchev–Trinajstić information content (AvgIpc) is 3.03. The summed E-state index contributed by atoms with van der Waals surface area (Å²) in [5.41, 5.74) is 0. The van der Waals surface area contributed by atoms with Crippen LogP contribution in [0.2, 0.25) is 0 Å². The van der Waals surface area contributed by atoms with E-state index in [1.54, 1.807) is 11.2 Å². The molecule has 2 atom stereocenters. The minimum atomic E-state index is -3.08. The molecule has 17 heavy (non-hydrogen) atoms. The summed E-state index contributed by atoms with van der Waals surface area (Å²) in [6.07, 6.45) is 5.84. The molecule has 1 saturated heterocycles. The summed E-state index contributed by atoms with van der Waals surface area (Å²) in [5.74, 6) is 0. The van der Waals surface area contributed by atoms with Gasteiger partial charge in [-0.05, 0) is 39.0 Å². The molecule has 1 aliphatic carbocycles. The lowest BCUT2D eigenvalue weighted by atomic mass is 10.1. The summed E-state index contributed by atoms with van der Waals surface area (Å²) >= 11 is 0. The fourth-order valence-electron chi connectivity index (χ4n) is 2.67. The molecule has 0 aromatic rings. The number of hydrogen-bond donors (Lipinski definition) is 1. The van der Waals surface area contributed by atoms with Gasteiger partial charge in [-0.3, -0.25) is 0 Å². The summed E-state index contributed by atoms with van der Waals surface area (Å²) in [4.78, 5) is 0. The topological polar surface area (TPSA) is 57.6 Å². The average molecular weight is 261 g/mol. The Morgan fingerprint density at radius 2 is 1.94 bits per heavy atom. The second-order valence-corrected chi connectivity index (χ2v) is 7.61. The van der Waals surface area contributed by atoms with Gasteiger partial charge in [-0.15, -0.1) is 0 Å². The molecule has 2 unspecified atom stereocenters. The van der Waals surface area contributed by atoms with Gasteiger partial charge in [-0.2, -0.15) is 4.31 Å². The Morgan fingerprint density at radius 3 is 2.53 bits per heavy atom. The third-order valence-electron chi connectivity index (χ3n) is 3.71. The van der Waals surface area contributed by atoms with Crippen molar-refractivity contribution in [2.45, 2.75) is 69.3 Å². The fourth-order valence-corrected chi connectivity index (χ4v) is 4.78. The largest absolute Gasteiger partial charge is 0.393 e. The third-order valence-corrected chi connectivity index (χ3v) is 6.16. The van der Waals surface area contributed by atoms with E-state index in [4.69, 9.17) is 0 Å².